The van der Waals surface area contributed by atoms with Gasteiger partial charge in [-0.05, 0) is 37.1 Å². The number of hydrogen-bond acceptors (Lipinski definition) is 6. The number of aryl methyl sites for hydroxylation is 1. The molecule has 0 spiro atoms. The number of phenolic OH excluding ortho intramolecular Hbond substituents is 2. The van der Waals surface area contributed by atoms with Crippen LogP contribution in [0.15, 0.2) is 35.9 Å². The molecule has 0 radical (unpaired) electrons. The minimum Gasteiger partial charge on any atom is -0.508 e. The number of aromatic hydroxyl groups is 2. The summed E-state index contributed by atoms with van der Waals surface area (Å²) in [7, 11) is 0. The van der Waals surface area contributed by atoms with Gasteiger partial charge in [0.1, 0.15) is 22.7 Å². The Kier molecular flexibility index (Phi) is 3.72. The molecule has 0 bridgehead atoms. The zero-order chi connectivity index (χ0) is 20.4. The van der Waals surface area contributed by atoms with E-state index in [1.54, 1.807) is 6.07 Å². The van der Waals surface area contributed by atoms with E-state index in [1.165, 1.54) is 31.2 Å². The van der Waals surface area contributed by atoms with Gasteiger partial charge in [-0.15, -0.1) is 0 Å². The number of carbonyl (C=O) groups is 3. The monoisotopic (exact) mass is 377 g/mol. The molecule has 1 atom stereocenters. The summed E-state index contributed by atoms with van der Waals surface area (Å²) in [5.41, 5.74) is 5.94. The van der Waals surface area contributed by atoms with Gasteiger partial charge in [0.2, 0.25) is 0 Å². The molecule has 1 unspecified atom stereocenters. The highest BCUT2D eigenvalue weighted by Crippen LogP contribution is 2.56. The van der Waals surface area contributed by atoms with Crippen molar-refractivity contribution in [3.63, 3.8) is 0 Å². The van der Waals surface area contributed by atoms with Crippen LogP contribution in [0.4, 0.5) is 0 Å². The summed E-state index contributed by atoms with van der Waals surface area (Å²) < 4.78 is 0. The second kappa shape index (κ2) is 5.79. The number of phenols is 2. The molecular weight excluding hydrogens is 358 g/mol. The predicted octanol–water partition coefficient (Wildman–Crippen LogP) is 2.64. The molecule has 4 rings (SSSR count). The second-order valence-electron chi connectivity index (χ2n) is 7.32. The molecule has 0 fully saturated rings. The fraction of sp³-hybridized carbons (Fsp3) is 0.227. The van der Waals surface area contributed by atoms with E-state index in [0.29, 0.717) is 12.0 Å². The number of allylic oxidation sites excluding steroid dienone is 1. The van der Waals surface area contributed by atoms with Crippen LogP contribution in [0.3, 0.4) is 0 Å². The molecule has 142 valence electrons. The van der Waals surface area contributed by atoms with Gasteiger partial charge in [-0.1, -0.05) is 19.1 Å². The van der Waals surface area contributed by atoms with E-state index >= 15 is 0 Å². The second-order valence-corrected chi connectivity index (χ2v) is 7.32. The van der Waals surface area contributed by atoms with Crippen molar-refractivity contribution in [2.75, 3.05) is 0 Å². The van der Waals surface area contributed by atoms with Crippen LogP contribution in [0, 0.1) is 0 Å². The first kappa shape index (κ1) is 18.0. The summed E-state index contributed by atoms with van der Waals surface area (Å²) in [6.07, 6.45) is 0.320. The van der Waals surface area contributed by atoms with Crippen molar-refractivity contribution in [2.24, 2.45) is 5.73 Å². The number of hydrogen-bond donors (Lipinski definition) is 3. The van der Waals surface area contributed by atoms with Gasteiger partial charge in [-0.25, -0.2) is 0 Å². The summed E-state index contributed by atoms with van der Waals surface area (Å²) in [6.45, 7) is 3.23. The lowest BCUT2D eigenvalue weighted by atomic mass is 9.62. The topological polar surface area (TPSA) is 118 Å². The fourth-order valence-corrected chi connectivity index (χ4v) is 4.54. The molecule has 0 heterocycles. The molecule has 0 aliphatic heterocycles. The molecule has 28 heavy (non-hydrogen) atoms. The van der Waals surface area contributed by atoms with Gasteiger partial charge in [0, 0.05) is 34.4 Å². The molecule has 2 aromatic carbocycles. The maximum atomic E-state index is 13.7. The Morgan fingerprint density at radius 2 is 1.82 bits per heavy atom. The van der Waals surface area contributed by atoms with Crippen LogP contribution in [-0.4, -0.2) is 27.6 Å². The van der Waals surface area contributed by atoms with Gasteiger partial charge in [0.15, 0.2) is 11.6 Å². The minimum absolute atomic E-state index is 0.0228. The van der Waals surface area contributed by atoms with Gasteiger partial charge in [0.05, 0.1) is 5.56 Å². The van der Waals surface area contributed by atoms with E-state index in [0.717, 1.165) is 5.56 Å². The fourth-order valence-electron chi connectivity index (χ4n) is 4.54. The van der Waals surface area contributed by atoms with Crippen molar-refractivity contribution in [3.8, 4) is 11.5 Å². The summed E-state index contributed by atoms with van der Waals surface area (Å²) in [5.74, 6) is -1.92. The van der Waals surface area contributed by atoms with Crippen molar-refractivity contribution >= 4 is 23.0 Å². The van der Waals surface area contributed by atoms with Gasteiger partial charge >= 0.3 is 0 Å². The molecule has 0 aromatic heterocycles. The highest BCUT2D eigenvalue weighted by atomic mass is 16.3. The Morgan fingerprint density at radius 1 is 1.11 bits per heavy atom. The first-order valence-corrected chi connectivity index (χ1v) is 9.01. The first-order valence-electron chi connectivity index (χ1n) is 9.01. The van der Waals surface area contributed by atoms with Crippen LogP contribution in [0.1, 0.15) is 57.7 Å². The van der Waals surface area contributed by atoms with E-state index in [9.17, 15) is 24.6 Å². The summed E-state index contributed by atoms with van der Waals surface area (Å²) in [4.78, 5) is 39.2. The van der Waals surface area contributed by atoms with E-state index in [-0.39, 0.29) is 51.7 Å². The summed E-state index contributed by atoms with van der Waals surface area (Å²) in [6, 6.07) is 7.51. The summed E-state index contributed by atoms with van der Waals surface area (Å²) in [5, 5.41) is 21.0. The van der Waals surface area contributed by atoms with Crippen molar-refractivity contribution in [3.05, 3.63) is 63.7 Å². The Labute approximate surface area is 161 Å². The van der Waals surface area contributed by atoms with Crippen molar-refractivity contribution < 1.29 is 24.6 Å². The Hall–Kier alpha value is -3.41. The zero-order valence-electron chi connectivity index (χ0n) is 15.5. The third-order valence-corrected chi connectivity index (χ3v) is 5.64. The molecular formula is C22H19NO5. The Balaban J connectivity index is 2.16. The number of nitrogens with two attached hydrogens (primary N) is 1. The number of ketones is 3. The van der Waals surface area contributed by atoms with Crippen LogP contribution in [0.25, 0.3) is 5.70 Å². The minimum atomic E-state index is -1.68. The largest absolute Gasteiger partial charge is 0.508 e. The number of rotatable bonds is 3. The lowest BCUT2D eigenvalue weighted by Crippen LogP contribution is -2.45. The quantitative estimate of drug-likeness (QED) is 0.757. The molecule has 2 aliphatic rings. The smallest absolute Gasteiger partial charge is 0.196 e. The van der Waals surface area contributed by atoms with Gasteiger partial charge < -0.3 is 15.9 Å². The van der Waals surface area contributed by atoms with Gasteiger partial charge in [0.25, 0.3) is 0 Å². The molecule has 0 saturated carbocycles. The van der Waals surface area contributed by atoms with E-state index in [4.69, 9.17) is 5.73 Å². The van der Waals surface area contributed by atoms with Crippen molar-refractivity contribution in [1.82, 2.24) is 0 Å². The maximum Gasteiger partial charge on any atom is 0.196 e. The van der Waals surface area contributed by atoms with Crippen molar-refractivity contribution in [2.45, 2.75) is 32.1 Å². The van der Waals surface area contributed by atoms with E-state index in [2.05, 4.69) is 0 Å². The molecule has 0 amide bonds. The van der Waals surface area contributed by atoms with Gasteiger partial charge in [-0.3, -0.25) is 14.4 Å². The average Bonchev–Trinajstić information content (AvgIpc) is 2.89. The number of Topliss-reactive ketones (excluding diaryl/α,β-unsaturated/α-hetero) is 3. The van der Waals surface area contributed by atoms with Crippen LogP contribution in [0.2, 0.25) is 0 Å². The van der Waals surface area contributed by atoms with Crippen LogP contribution in [-0.2, 0) is 16.6 Å². The molecule has 2 aliphatic carbocycles. The number of benzene rings is 2. The van der Waals surface area contributed by atoms with Crippen LogP contribution >= 0.6 is 0 Å². The third-order valence-electron chi connectivity index (χ3n) is 5.64. The molecule has 6 heteroatoms. The Morgan fingerprint density at radius 3 is 2.46 bits per heavy atom. The van der Waals surface area contributed by atoms with Crippen LogP contribution in [0.5, 0.6) is 11.5 Å². The highest BCUT2D eigenvalue weighted by molar-refractivity contribution is 6.33. The normalized spacial score (nSPS) is 20.1. The third kappa shape index (κ3) is 2.05. The lowest BCUT2D eigenvalue weighted by molar-refractivity contribution is -0.117. The SMILES string of the molecule is CCc1cc(O)c2c(c1)C(N)=C1C(=O)c3c(O)cccc3C(=O)C12CC(C)=O. The van der Waals surface area contributed by atoms with Crippen molar-refractivity contribution in [1.29, 1.82) is 0 Å². The number of carbonyl (C=O) groups excluding carboxylic acids is 3. The standard InChI is InChI=1S/C22H19NO5/c1-3-11-7-13-17(15(26)8-11)22(9-10(2)24)18(19(13)23)20(27)16-12(21(22)28)5-4-6-14(16)25/h4-8,25-26H,3,9,23H2,1-2H3. The first-order chi connectivity index (χ1) is 13.2. The van der Waals surface area contributed by atoms with E-state index in [1.807, 2.05) is 6.92 Å². The average molecular weight is 377 g/mol. The lowest BCUT2D eigenvalue weighted by Gasteiger charge is -2.35. The molecule has 6 nitrogen and oxygen atoms in total. The Bertz CT molecular complexity index is 1130. The van der Waals surface area contributed by atoms with Crippen LogP contribution < -0.4 is 5.73 Å². The summed E-state index contributed by atoms with van der Waals surface area (Å²) >= 11 is 0. The zero-order valence-corrected chi connectivity index (χ0v) is 15.5. The van der Waals surface area contributed by atoms with E-state index < -0.39 is 17.0 Å². The maximum absolute atomic E-state index is 13.7. The van der Waals surface area contributed by atoms with Gasteiger partial charge in [-0.2, -0.15) is 0 Å². The highest BCUT2D eigenvalue weighted by Gasteiger charge is 2.59. The molecule has 0 saturated heterocycles. The molecule has 2 aromatic rings. The predicted molar refractivity (Wildman–Crippen MR) is 102 cm³/mol. The number of fused-ring (bicyclic) bond motifs is 4. The molecule has 4 N–H and O–H groups in total.